The maximum absolute atomic E-state index is 12.3. The Morgan fingerprint density at radius 1 is 0.667 bits per heavy atom. The van der Waals surface area contributed by atoms with Crippen LogP contribution in [0.3, 0.4) is 0 Å². The van der Waals surface area contributed by atoms with Gasteiger partial charge in [-0.05, 0) is 59.7 Å². The van der Waals surface area contributed by atoms with Crippen LogP contribution in [-0.4, -0.2) is 12.5 Å². The Morgan fingerprint density at radius 2 is 1.18 bits per heavy atom. The van der Waals surface area contributed by atoms with Gasteiger partial charge in [0, 0.05) is 11.1 Å². The number of hydrogen-bond acceptors (Lipinski definition) is 3. The summed E-state index contributed by atoms with van der Waals surface area (Å²) in [6, 6.07) is 35.1. The lowest BCUT2D eigenvalue weighted by Gasteiger charge is -2.26. The molecule has 33 heavy (non-hydrogen) atoms. The average molecular weight is 438 g/mol. The Morgan fingerprint density at radius 3 is 1.82 bits per heavy atom. The monoisotopic (exact) mass is 437 g/mol. The molecule has 0 fully saturated rings. The molecule has 0 saturated heterocycles. The Balaban J connectivity index is 1.29. The van der Waals surface area contributed by atoms with Gasteiger partial charge in [-0.1, -0.05) is 74.5 Å². The van der Waals surface area contributed by atoms with Gasteiger partial charge in [0.2, 0.25) is 0 Å². The molecule has 0 saturated carbocycles. The second-order valence-corrected chi connectivity index (χ2v) is 8.29. The van der Waals surface area contributed by atoms with E-state index in [0.717, 1.165) is 5.75 Å². The third-order valence-corrected chi connectivity index (χ3v) is 5.56. The topological polar surface area (TPSA) is 47.6 Å². The Bertz CT molecular complexity index is 1170. The molecule has 4 heteroatoms. The van der Waals surface area contributed by atoms with Gasteiger partial charge in [0.25, 0.3) is 5.91 Å². The average Bonchev–Trinajstić information content (AvgIpc) is 2.85. The van der Waals surface area contributed by atoms with E-state index in [1.54, 1.807) is 12.1 Å². The van der Waals surface area contributed by atoms with Crippen molar-refractivity contribution in [3.05, 3.63) is 120 Å². The minimum atomic E-state index is -0.222. The lowest BCUT2D eigenvalue weighted by atomic mass is 9.78. The zero-order chi connectivity index (χ0) is 23.1. The molecule has 4 aromatic rings. The van der Waals surface area contributed by atoms with Crippen LogP contribution >= 0.6 is 0 Å². The molecule has 4 rings (SSSR count). The van der Waals surface area contributed by atoms with Crippen molar-refractivity contribution in [2.45, 2.75) is 19.3 Å². The van der Waals surface area contributed by atoms with Crippen molar-refractivity contribution in [1.29, 1.82) is 0 Å². The van der Waals surface area contributed by atoms with Crippen molar-refractivity contribution in [2.24, 2.45) is 0 Å². The molecule has 1 amide bonds. The third kappa shape index (κ3) is 5.80. The summed E-state index contributed by atoms with van der Waals surface area (Å²) in [4.78, 5) is 12.3. The van der Waals surface area contributed by atoms with E-state index in [-0.39, 0.29) is 17.9 Å². The second-order valence-electron chi connectivity index (χ2n) is 8.29. The SMILES string of the molecule is CC(C)(c1ccccc1)c1ccc(OCC(=O)Nc2ccc(Oc3ccccc3)cc2)cc1. The summed E-state index contributed by atoms with van der Waals surface area (Å²) >= 11 is 0. The molecular formula is C29H27NO3. The molecule has 0 radical (unpaired) electrons. The number of nitrogens with one attached hydrogen (secondary N) is 1. The number of benzene rings is 4. The molecule has 0 aromatic heterocycles. The molecule has 1 N–H and O–H groups in total. The first kappa shape index (κ1) is 22.2. The van der Waals surface area contributed by atoms with Crippen LogP contribution in [0.2, 0.25) is 0 Å². The highest BCUT2D eigenvalue weighted by molar-refractivity contribution is 5.91. The summed E-state index contributed by atoms with van der Waals surface area (Å²) in [5.74, 6) is 1.90. The highest BCUT2D eigenvalue weighted by Gasteiger charge is 2.22. The molecular weight excluding hydrogens is 410 g/mol. The molecule has 0 heterocycles. The van der Waals surface area contributed by atoms with Crippen molar-refractivity contribution in [1.82, 2.24) is 0 Å². The van der Waals surface area contributed by atoms with Crippen LogP contribution in [0.25, 0.3) is 0 Å². The van der Waals surface area contributed by atoms with Crippen molar-refractivity contribution >= 4 is 11.6 Å². The van der Waals surface area contributed by atoms with Gasteiger partial charge in [-0.25, -0.2) is 0 Å². The summed E-state index contributed by atoms with van der Waals surface area (Å²) < 4.78 is 11.4. The first-order chi connectivity index (χ1) is 16.0. The number of rotatable bonds is 8. The fourth-order valence-electron chi connectivity index (χ4n) is 3.57. The number of para-hydroxylation sites is 1. The van der Waals surface area contributed by atoms with Crippen molar-refractivity contribution in [2.75, 3.05) is 11.9 Å². The van der Waals surface area contributed by atoms with E-state index in [2.05, 4.69) is 43.4 Å². The maximum Gasteiger partial charge on any atom is 0.262 e. The normalized spacial score (nSPS) is 11.0. The first-order valence-electron chi connectivity index (χ1n) is 10.9. The quantitative estimate of drug-likeness (QED) is 0.329. The second kappa shape index (κ2) is 10.0. The van der Waals surface area contributed by atoms with E-state index >= 15 is 0 Å². The summed E-state index contributed by atoms with van der Waals surface area (Å²) in [5, 5.41) is 2.84. The van der Waals surface area contributed by atoms with E-state index in [9.17, 15) is 4.79 Å². The number of ether oxygens (including phenoxy) is 2. The highest BCUT2D eigenvalue weighted by Crippen LogP contribution is 2.32. The molecule has 4 aromatic carbocycles. The van der Waals surface area contributed by atoms with E-state index in [0.29, 0.717) is 17.2 Å². The molecule has 0 unspecified atom stereocenters. The Hall–Kier alpha value is -4.05. The van der Waals surface area contributed by atoms with Crippen LogP contribution in [0.1, 0.15) is 25.0 Å². The van der Waals surface area contributed by atoms with Gasteiger partial charge in [-0.15, -0.1) is 0 Å². The minimum absolute atomic E-state index is 0.0658. The van der Waals surface area contributed by atoms with Crippen LogP contribution in [0, 0.1) is 0 Å². The first-order valence-corrected chi connectivity index (χ1v) is 10.9. The summed E-state index contributed by atoms with van der Waals surface area (Å²) in [6.45, 7) is 4.33. The van der Waals surface area contributed by atoms with Crippen LogP contribution in [-0.2, 0) is 10.2 Å². The molecule has 0 atom stereocenters. The van der Waals surface area contributed by atoms with E-state index in [4.69, 9.17) is 9.47 Å². The van der Waals surface area contributed by atoms with Crippen molar-refractivity contribution in [3.8, 4) is 17.2 Å². The maximum atomic E-state index is 12.3. The van der Waals surface area contributed by atoms with Gasteiger partial charge in [0.1, 0.15) is 17.2 Å². The van der Waals surface area contributed by atoms with Gasteiger partial charge >= 0.3 is 0 Å². The van der Waals surface area contributed by atoms with Gasteiger partial charge in [0.15, 0.2) is 6.61 Å². The van der Waals surface area contributed by atoms with Crippen LogP contribution in [0.5, 0.6) is 17.2 Å². The molecule has 0 aliphatic heterocycles. The molecule has 0 bridgehead atoms. The smallest absolute Gasteiger partial charge is 0.262 e. The number of anilines is 1. The summed E-state index contributed by atoms with van der Waals surface area (Å²) in [7, 11) is 0. The Kier molecular flexibility index (Phi) is 6.75. The zero-order valence-electron chi connectivity index (χ0n) is 18.8. The minimum Gasteiger partial charge on any atom is -0.484 e. The zero-order valence-corrected chi connectivity index (χ0v) is 18.8. The lowest BCUT2D eigenvalue weighted by molar-refractivity contribution is -0.118. The van der Waals surface area contributed by atoms with Crippen molar-refractivity contribution in [3.63, 3.8) is 0 Å². The highest BCUT2D eigenvalue weighted by atomic mass is 16.5. The molecule has 0 aliphatic rings. The van der Waals surface area contributed by atoms with E-state index < -0.39 is 0 Å². The number of carbonyl (C=O) groups excluding carboxylic acids is 1. The summed E-state index contributed by atoms with van der Waals surface area (Å²) in [6.07, 6.45) is 0. The largest absolute Gasteiger partial charge is 0.484 e. The van der Waals surface area contributed by atoms with Crippen molar-refractivity contribution < 1.29 is 14.3 Å². The molecule has 0 aliphatic carbocycles. The van der Waals surface area contributed by atoms with Gasteiger partial charge in [-0.2, -0.15) is 0 Å². The van der Waals surface area contributed by atoms with Gasteiger partial charge in [0.05, 0.1) is 0 Å². The van der Waals surface area contributed by atoms with Crippen LogP contribution in [0.15, 0.2) is 109 Å². The van der Waals surface area contributed by atoms with E-state index in [1.165, 1.54) is 11.1 Å². The number of carbonyl (C=O) groups is 1. The Labute approximate surface area is 194 Å². The van der Waals surface area contributed by atoms with Crippen LogP contribution < -0.4 is 14.8 Å². The van der Waals surface area contributed by atoms with E-state index in [1.807, 2.05) is 72.8 Å². The number of amides is 1. The summed E-state index contributed by atoms with van der Waals surface area (Å²) in [5.41, 5.74) is 3.00. The van der Waals surface area contributed by atoms with Gasteiger partial charge < -0.3 is 14.8 Å². The molecule has 166 valence electrons. The fourth-order valence-corrected chi connectivity index (χ4v) is 3.57. The molecule has 0 spiro atoms. The standard InChI is InChI=1S/C29H27NO3/c1-29(2,22-9-5-3-6-10-22)23-13-17-25(18-14-23)32-21-28(31)30-24-15-19-27(20-16-24)33-26-11-7-4-8-12-26/h3-20H,21H2,1-2H3,(H,30,31). The predicted octanol–water partition coefficient (Wildman–Crippen LogP) is 6.82. The lowest BCUT2D eigenvalue weighted by Crippen LogP contribution is -2.20. The van der Waals surface area contributed by atoms with Gasteiger partial charge in [-0.3, -0.25) is 4.79 Å². The molecule has 4 nitrogen and oxygen atoms in total. The fraction of sp³-hybridized carbons (Fsp3) is 0.138. The number of hydrogen-bond donors (Lipinski definition) is 1. The third-order valence-electron chi connectivity index (χ3n) is 5.56. The van der Waals surface area contributed by atoms with Crippen LogP contribution in [0.4, 0.5) is 5.69 Å². The predicted molar refractivity (Wildman–Crippen MR) is 132 cm³/mol.